The minimum absolute atomic E-state index is 0.199. The molecule has 2 aliphatic rings. The molecule has 0 saturated heterocycles. The van der Waals surface area contributed by atoms with E-state index in [1.165, 1.54) is 55.6 Å². The second kappa shape index (κ2) is 12.4. The molecule has 0 amide bonds. The molecular formula is C42H50N2OSi. The summed E-state index contributed by atoms with van der Waals surface area (Å²) in [5, 5.41) is 1.29. The van der Waals surface area contributed by atoms with Gasteiger partial charge in [-0.25, -0.2) is 0 Å². The summed E-state index contributed by atoms with van der Waals surface area (Å²) in [6, 6.07) is 33.5. The normalized spacial score (nSPS) is 19.6. The lowest BCUT2D eigenvalue weighted by Gasteiger charge is -2.53. The highest BCUT2D eigenvalue weighted by Gasteiger charge is 2.63. The maximum Gasteiger partial charge on any atom is 0.464 e. The fraction of sp³-hybridized carbons (Fsp3) is 0.333. The van der Waals surface area contributed by atoms with Crippen molar-refractivity contribution in [1.29, 1.82) is 0 Å². The van der Waals surface area contributed by atoms with E-state index in [1.54, 1.807) is 0 Å². The topological polar surface area (TPSA) is 15.7 Å². The first-order chi connectivity index (χ1) is 22.0. The van der Waals surface area contributed by atoms with Gasteiger partial charge in [0.05, 0.1) is 6.10 Å². The van der Waals surface area contributed by atoms with E-state index in [0.29, 0.717) is 23.7 Å². The molecule has 1 spiro atoms. The zero-order valence-electron chi connectivity index (χ0n) is 29.1. The van der Waals surface area contributed by atoms with E-state index in [-0.39, 0.29) is 6.10 Å². The van der Waals surface area contributed by atoms with Crippen molar-refractivity contribution < 1.29 is 4.43 Å². The lowest BCUT2D eigenvalue weighted by molar-refractivity contribution is 0.251. The molecule has 0 fully saturated rings. The van der Waals surface area contributed by atoms with E-state index in [0.717, 1.165) is 5.70 Å². The summed E-state index contributed by atoms with van der Waals surface area (Å²) in [6.45, 7) is 25.6. The summed E-state index contributed by atoms with van der Waals surface area (Å²) in [6.07, 6.45) is 2.10. The Morgan fingerprint density at radius 2 is 1.04 bits per heavy atom. The lowest BCUT2D eigenvalue weighted by atomic mass is 9.92. The van der Waals surface area contributed by atoms with Gasteiger partial charge in [-0.3, -0.25) is 0 Å². The van der Waals surface area contributed by atoms with E-state index in [9.17, 15) is 0 Å². The number of hydrogen-bond donors (Lipinski definition) is 0. The van der Waals surface area contributed by atoms with Gasteiger partial charge in [-0.05, 0) is 70.1 Å². The van der Waals surface area contributed by atoms with Crippen molar-refractivity contribution in [2.75, 3.05) is 9.13 Å². The highest BCUT2D eigenvalue weighted by atomic mass is 28.4. The number of anilines is 2. The Labute approximate surface area is 278 Å². The van der Waals surface area contributed by atoms with E-state index in [4.69, 9.17) is 11.0 Å². The monoisotopic (exact) mass is 626 g/mol. The molecule has 6 rings (SSSR count). The van der Waals surface area contributed by atoms with Crippen LogP contribution in [0.5, 0.6) is 0 Å². The van der Waals surface area contributed by atoms with Crippen LogP contribution in [0.3, 0.4) is 0 Å². The van der Waals surface area contributed by atoms with Crippen LogP contribution in [0.25, 0.3) is 0 Å². The Hall–Kier alpha value is -3.86. The van der Waals surface area contributed by atoms with Crippen LogP contribution in [0.2, 0.25) is 0 Å². The molecule has 0 saturated carbocycles. The molecule has 0 unspecified atom stereocenters. The van der Waals surface area contributed by atoms with Crippen molar-refractivity contribution in [1.82, 2.24) is 0 Å². The minimum Gasteiger partial charge on any atom is -0.368 e. The van der Waals surface area contributed by atoms with Gasteiger partial charge in [-0.1, -0.05) is 153 Å². The van der Waals surface area contributed by atoms with Crippen LogP contribution in [0, 0.1) is 0 Å². The third-order valence-electron chi connectivity index (χ3n) is 9.73. The molecular weight excluding hydrogens is 577 g/mol. The van der Waals surface area contributed by atoms with Crippen LogP contribution in [0.4, 0.5) is 11.4 Å². The van der Waals surface area contributed by atoms with Crippen molar-refractivity contribution in [2.45, 2.75) is 92.1 Å². The molecule has 2 heterocycles. The zero-order valence-corrected chi connectivity index (χ0v) is 30.1. The Bertz CT molecular complexity index is 1730. The van der Waals surface area contributed by atoms with Crippen LogP contribution in [-0.4, -0.2) is 8.64 Å². The number of fused-ring (bicyclic) bond motifs is 2. The maximum absolute atomic E-state index is 7.95. The summed E-state index contributed by atoms with van der Waals surface area (Å²) < 4.78 is 13.2. The number of hydrogen-bond acceptors (Lipinski definition) is 3. The average molecular weight is 627 g/mol. The lowest BCUT2D eigenvalue weighted by Crippen LogP contribution is -2.75. The van der Waals surface area contributed by atoms with Gasteiger partial charge in [0.25, 0.3) is 0 Å². The molecule has 4 heteroatoms. The zero-order chi connectivity index (χ0) is 32.9. The minimum atomic E-state index is -3.36. The van der Waals surface area contributed by atoms with Crippen LogP contribution < -0.4 is 14.3 Å². The first-order valence-electron chi connectivity index (χ1n) is 17.0. The first-order valence-corrected chi connectivity index (χ1v) is 18.8. The highest BCUT2D eigenvalue weighted by molar-refractivity contribution is 6.95. The largest absolute Gasteiger partial charge is 0.464 e. The molecule has 3 nitrogen and oxygen atoms in total. The molecule has 0 aromatic heterocycles. The van der Waals surface area contributed by atoms with E-state index >= 15 is 0 Å². The standard InChI is InChI=1S/C42H50N2OSi/c1-27(2)34-21-16-22-35(28(3)4)40(34)43-31(9)26-32(10)44(41-36(29(5)6)23-17-24-37(41)30(7)8)46(43)39-25-15-14-20-38(39)42(45-46)33-18-12-11-13-19-33/h11-30,42H,9H2,1-8,10H3/t42-,46+/m0/s1. The third kappa shape index (κ3) is 5.07. The summed E-state index contributed by atoms with van der Waals surface area (Å²) in [5.41, 5.74) is 12.5. The summed E-state index contributed by atoms with van der Waals surface area (Å²) in [4.78, 5) is 0. The Morgan fingerprint density at radius 3 is 1.54 bits per heavy atom. The van der Waals surface area contributed by atoms with Gasteiger partial charge >= 0.3 is 8.64 Å². The van der Waals surface area contributed by atoms with Crippen molar-refractivity contribution in [3.05, 3.63) is 148 Å². The molecule has 46 heavy (non-hydrogen) atoms. The van der Waals surface area contributed by atoms with E-state index in [1.807, 2.05) is 0 Å². The van der Waals surface area contributed by atoms with Crippen LogP contribution in [0.1, 0.15) is 125 Å². The van der Waals surface area contributed by atoms with Crippen LogP contribution in [0.15, 0.2) is 115 Å². The number of rotatable bonds is 7. The second-order valence-electron chi connectivity index (χ2n) is 14.2. The predicted molar refractivity (Wildman–Crippen MR) is 198 cm³/mol. The number of allylic oxidation sites excluding steroid dienone is 2. The van der Waals surface area contributed by atoms with Crippen LogP contribution >= 0.6 is 0 Å². The van der Waals surface area contributed by atoms with E-state index in [2.05, 4.69) is 169 Å². The first kappa shape index (κ1) is 32.1. The molecule has 0 bridgehead atoms. The van der Waals surface area contributed by atoms with E-state index < -0.39 is 8.64 Å². The summed E-state index contributed by atoms with van der Waals surface area (Å²) >= 11 is 0. The molecule has 4 aromatic carbocycles. The molecule has 4 aromatic rings. The van der Waals surface area contributed by atoms with Crippen molar-refractivity contribution in [3.8, 4) is 0 Å². The maximum atomic E-state index is 7.95. The number of nitrogens with zero attached hydrogens (tertiary/aromatic N) is 2. The molecule has 2 aliphatic heterocycles. The van der Waals surface area contributed by atoms with Gasteiger partial charge in [0, 0.05) is 28.0 Å². The molecule has 238 valence electrons. The summed E-state index contributed by atoms with van der Waals surface area (Å²) in [7, 11) is -3.36. The SMILES string of the molecule is C=C1C=C(C)N(c2c(C(C)C)cccc2C(C)C)[Si@]2(O[C@@H](c3ccccc3)c3ccccc32)N1c1c(C(C)C)cccc1C(C)C. The van der Waals surface area contributed by atoms with Gasteiger partial charge in [-0.2, -0.15) is 0 Å². The highest BCUT2D eigenvalue weighted by Crippen LogP contribution is 2.51. The van der Waals surface area contributed by atoms with Crippen LogP contribution in [-0.2, 0) is 4.43 Å². The van der Waals surface area contributed by atoms with Crippen molar-refractivity contribution >= 4 is 25.2 Å². The van der Waals surface area contributed by atoms with Gasteiger partial charge < -0.3 is 13.6 Å². The quantitative estimate of drug-likeness (QED) is 0.190. The molecule has 2 atom stereocenters. The Kier molecular flexibility index (Phi) is 8.64. The molecule has 0 N–H and O–H groups in total. The molecule has 0 radical (unpaired) electrons. The number of para-hydroxylation sites is 2. The average Bonchev–Trinajstić information content (AvgIpc) is 3.36. The Morgan fingerprint density at radius 1 is 0.587 bits per heavy atom. The Balaban J connectivity index is 1.80. The fourth-order valence-corrected chi connectivity index (χ4v) is 12.2. The predicted octanol–water partition coefficient (Wildman–Crippen LogP) is 10.9. The fourth-order valence-electron chi connectivity index (χ4n) is 7.60. The van der Waals surface area contributed by atoms with Crippen molar-refractivity contribution in [2.24, 2.45) is 0 Å². The van der Waals surface area contributed by atoms with Gasteiger partial charge in [0.1, 0.15) is 0 Å². The third-order valence-corrected chi connectivity index (χ3v) is 13.8. The van der Waals surface area contributed by atoms with Crippen molar-refractivity contribution in [3.63, 3.8) is 0 Å². The molecule has 0 aliphatic carbocycles. The smallest absolute Gasteiger partial charge is 0.368 e. The number of benzene rings is 4. The van der Waals surface area contributed by atoms with Gasteiger partial charge in [-0.15, -0.1) is 0 Å². The summed E-state index contributed by atoms with van der Waals surface area (Å²) in [5.74, 6) is 1.32. The second-order valence-corrected chi connectivity index (χ2v) is 17.1. The van der Waals surface area contributed by atoms with Gasteiger partial charge in [0.15, 0.2) is 0 Å². The van der Waals surface area contributed by atoms with Gasteiger partial charge in [0.2, 0.25) is 0 Å².